The molecule has 0 bridgehead atoms. The van der Waals surface area contributed by atoms with Crippen LogP contribution in [0.4, 0.5) is 13.2 Å². The van der Waals surface area contributed by atoms with Gasteiger partial charge >= 0.3 is 18.1 Å². The Kier molecular flexibility index (Phi) is 2.76. The third-order valence-electron chi connectivity index (χ3n) is 3.31. The number of halogens is 3. The van der Waals surface area contributed by atoms with Crippen molar-refractivity contribution in [1.82, 2.24) is 4.90 Å². The zero-order valence-corrected chi connectivity index (χ0v) is 9.25. The van der Waals surface area contributed by atoms with Gasteiger partial charge in [-0.1, -0.05) is 5.92 Å². The van der Waals surface area contributed by atoms with Crippen LogP contribution in [0.3, 0.4) is 0 Å². The van der Waals surface area contributed by atoms with Crippen molar-refractivity contribution in [3.05, 3.63) is 0 Å². The quantitative estimate of drug-likeness (QED) is 0.662. The first-order valence-corrected chi connectivity index (χ1v) is 5.36. The van der Waals surface area contributed by atoms with Gasteiger partial charge in [-0.05, 0) is 24.7 Å². The van der Waals surface area contributed by atoms with Crippen molar-refractivity contribution in [3.63, 3.8) is 0 Å². The van der Waals surface area contributed by atoms with Crippen molar-refractivity contribution in [2.75, 3.05) is 6.54 Å². The van der Waals surface area contributed by atoms with Gasteiger partial charge in [0.15, 0.2) is 0 Å². The molecule has 4 nitrogen and oxygen atoms in total. The summed E-state index contributed by atoms with van der Waals surface area (Å²) in [7, 11) is 0. The molecule has 1 aliphatic heterocycles. The monoisotopic (exact) mass is 261 g/mol. The highest BCUT2D eigenvalue weighted by Gasteiger charge is 2.56. The normalized spacial score (nSPS) is 24.6. The van der Waals surface area contributed by atoms with Gasteiger partial charge in [0.2, 0.25) is 0 Å². The van der Waals surface area contributed by atoms with Gasteiger partial charge in [-0.15, -0.1) is 0 Å². The van der Waals surface area contributed by atoms with E-state index in [9.17, 15) is 22.8 Å². The van der Waals surface area contributed by atoms with E-state index in [1.54, 1.807) is 5.92 Å². The average molecular weight is 261 g/mol. The topological polar surface area (TPSA) is 57.6 Å². The molecule has 1 heterocycles. The first-order chi connectivity index (χ1) is 8.23. The summed E-state index contributed by atoms with van der Waals surface area (Å²) in [5.74, 6) is 0.685. The Morgan fingerprint density at radius 1 is 1.33 bits per heavy atom. The maximum absolute atomic E-state index is 12.4. The van der Waals surface area contributed by atoms with Crippen LogP contribution < -0.4 is 0 Å². The number of rotatable bonds is 0. The Balaban J connectivity index is 2.19. The Bertz CT molecular complexity index is 456. The number of carboxylic acids is 1. The lowest BCUT2D eigenvalue weighted by Crippen LogP contribution is -2.43. The van der Waals surface area contributed by atoms with E-state index in [0.717, 1.165) is 12.8 Å². The summed E-state index contributed by atoms with van der Waals surface area (Å²) in [5.41, 5.74) is -0.265. The summed E-state index contributed by atoms with van der Waals surface area (Å²) in [6.07, 6.45) is -3.08. The molecule has 2 rings (SSSR count). The largest absolute Gasteiger partial charge is 0.472 e. The van der Waals surface area contributed by atoms with E-state index >= 15 is 0 Å². The fourth-order valence-electron chi connectivity index (χ4n) is 2.25. The van der Waals surface area contributed by atoms with Crippen molar-refractivity contribution in [2.24, 2.45) is 5.41 Å². The van der Waals surface area contributed by atoms with Gasteiger partial charge < -0.3 is 10.0 Å². The van der Waals surface area contributed by atoms with Crippen LogP contribution >= 0.6 is 0 Å². The van der Waals surface area contributed by atoms with Crippen LogP contribution in [-0.2, 0) is 9.59 Å². The van der Waals surface area contributed by atoms with E-state index in [4.69, 9.17) is 5.11 Å². The average Bonchev–Trinajstić information content (AvgIpc) is 2.87. The molecule has 2 fully saturated rings. The van der Waals surface area contributed by atoms with Crippen LogP contribution in [0.15, 0.2) is 0 Å². The van der Waals surface area contributed by atoms with Crippen LogP contribution in [0.1, 0.15) is 19.3 Å². The summed E-state index contributed by atoms with van der Waals surface area (Å²) in [6.45, 7) is 0.0182. The number of alkyl halides is 3. The lowest BCUT2D eigenvalue weighted by atomic mass is 10.0. The van der Waals surface area contributed by atoms with Crippen molar-refractivity contribution in [1.29, 1.82) is 0 Å². The first-order valence-electron chi connectivity index (χ1n) is 5.36. The highest BCUT2D eigenvalue weighted by Crippen LogP contribution is 2.55. The minimum absolute atomic E-state index is 0.0182. The van der Waals surface area contributed by atoms with Crippen LogP contribution in [0.5, 0.6) is 0 Å². The standard InChI is InChI=1S/C11H10F3NO3/c12-11(13,14)9(18)15-6-10(3-4-10)5-7(15)1-2-8(16)17/h7H,3-6H2,(H,16,17). The number of aliphatic carboxylic acids is 1. The number of hydrogen-bond donors (Lipinski definition) is 1. The number of carboxylic acid groups (broad SMARTS) is 1. The molecule has 1 atom stereocenters. The Morgan fingerprint density at radius 2 is 1.94 bits per heavy atom. The third kappa shape index (κ3) is 2.42. The number of amides is 1. The lowest BCUT2D eigenvalue weighted by Gasteiger charge is -2.21. The zero-order valence-electron chi connectivity index (χ0n) is 9.25. The Morgan fingerprint density at radius 3 is 2.39 bits per heavy atom. The molecule has 1 saturated carbocycles. The van der Waals surface area contributed by atoms with Crippen LogP contribution in [0.25, 0.3) is 0 Å². The van der Waals surface area contributed by atoms with Crippen molar-refractivity contribution >= 4 is 11.9 Å². The number of nitrogens with zero attached hydrogens (tertiary/aromatic N) is 1. The van der Waals surface area contributed by atoms with E-state index in [2.05, 4.69) is 5.92 Å². The maximum atomic E-state index is 12.4. The SMILES string of the molecule is O=C(O)C#CC1CC2(CC2)CN1C(=O)C(F)(F)F. The first kappa shape index (κ1) is 12.7. The van der Waals surface area contributed by atoms with Crippen LogP contribution in [0, 0.1) is 17.3 Å². The van der Waals surface area contributed by atoms with Gasteiger partial charge in [-0.2, -0.15) is 13.2 Å². The summed E-state index contributed by atoms with van der Waals surface area (Å²) < 4.78 is 37.2. The molecule has 0 aromatic heterocycles. The third-order valence-corrected chi connectivity index (χ3v) is 3.31. The molecule has 98 valence electrons. The minimum Gasteiger partial charge on any atom is -0.472 e. The summed E-state index contributed by atoms with van der Waals surface area (Å²) in [4.78, 5) is 22.2. The Hall–Kier alpha value is -1.71. The second kappa shape index (κ2) is 3.90. The fourth-order valence-corrected chi connectivity index (χ4v) is 2.25. The predicted molar refractivity (Wildman–Crippen MR) is 53.3 cm³/mol. The molecule has 1 unspecified atom stereocenters. The molecule has 0 aromatic rings. The molecular weight excluding hydrogens is 251 g/mol. The molecule has 18 heavy (non-hydrogen) atoms. The molecule has 0 aromatic carbocycles. The van der Waals surface area contributed by atoms with Crippen molar-refractivity contribution in [3.8, 4) is 11.8 Å². The Labute approximate surface area is 101 Å². The van der Waals surface area contributed by atoms with Gasteiger partial charge in [0, 0.05) is 12.5 Å². The summed E-state index contributed by atoms with van der Waals surface area (Å²) >= 11 is 0. The van der Waals surface area contributed by atoms with E-state index < -0.39 is 24.1 Å². The molecular formula is C11H10F3NO3. The van der Waals surface area contributed by atoms with Gasteiger partial charge in [-0.25, -0.2) is 4.79 Å². The molecule has 1 N–H and O–H groups in total. The predicted octanol–water partition coefficient (Wildman–Crippen LogP) is 1.02. The van der Waals surface area contributed by atoms with Gasteiger partial charge in [0.1, 0.15) is 0 Å². The van der Waals surface area contributed by atoms with Gasteiger partial charge in [0.05, 0.1) is 6.04 Å². The zero-order chi connectivity index (χ0) is 13.6. The second-order valence-corrected chi connectivity index (χ2v) is 4.73. The maximum Gasteiger partial charge on any atom is 0.471 e. The highest BCUT2D eigenvalue weighted by atomic mass is 19.4. The summed E-state index contributed by atoms with van der Waals surface area (Å²) in [5, 5.41) is 8.40. The molecule has 7 heteroatoms. The number of carbonyl (C=O) groups excluding carboxylic acids is 1. The van der Waals surface area contributed by atoms with Crippen LogP contribution in [0.2, 0.25) is 0 Å². The highest BCUT2D eigenvalue weighted by molar-refractivity contribution is 5.87. The molecule has 1 aliphatic carbocycles. The van der Waals surface area contributed by atoms with E-state index in [1.165, 1.54) is 0 Å². The second-order valence-electron chi connectivity index (χ2n) is 4.73. The minimum atomic E-state index is -4.94. The van der Waals surface area contributed by atoms with Crippen LogP contribution in [-0.4, -0.2) is 40.6 Å². The van der Waals surface area contributed by atoms with E-state index in [1.807, 2.05) is 0 Å². The number of likely N-dealkylation sites (tertiary alicyclic amines) is 1. The molecule has 1 saturated heterocycles. The van der Waals surface area contributed by atoms with Crippen molar-refractivity contribution in [2.45, 2.75) is 31.5 Å². The van der Waals surface area contributed by atoms with E-state index in [-0.39, 0.29) is 12.0 Å². The fraction of sp³-hybridized carbons (Fsp3) is 0.636. The van der Waals surface area contributed by atoms with E-state index in [0.29, 0.717) is 11.3 Å². The molecule has 1 amide bonds. The lowest BCUT2D eigenvalue weighted by molar-refractivity contribution is -0.185. The summed E-state index contributed by atoms with van der Waals surface area (Å²) in [6, 6.07) is -0.947. The molecule has 0 radical (unpaired) electrons. The molecule has 2 aliphatic rings. The van der Waals surface area contributed by atoms with Crippen molar-refractivity contribution < 1.29 is 27.9 Å². The van der Waals surface area contributed by atoms with Gasteiger partial charge in [-0.3, -0.25) is 4.79 Å². The smallest absolute Gasteiger partial charge is 0.471 e. The number of carbonyl (C=O) groups is 2. The molecule has 1 spiro atoms. The van der Waals surface area contributed by atoms with Gasteiger partial charge in [0.25, 0.3) is 0 Å². The number of hydrogen-bond acceptors (Lipinski definition) is 2.